The summed E-state index contributed by atoms with van der Waals surface area (Å²) in [6, 6.07) is 5.46. The molecule has 2 rings (SSSR count). The highest BCUT2D eigenvalue weighted by Crippen LogP contribution is 2.32. The van der Waals surface area contributed by atoms with E-state index in [1.54, 1.807) is 19.2 Å². The van der Waals surface area contributed by atoms with E-state index in [1.807, 2.05) is 6.07 Å². The average Bonchev–Trinajstić information content (AvgIpc) is 2.54. The van der Waals surface area contributed by atoms with Crippen LogP contribution < -0.4 is 15.8 Å². The lowest BCUT2D eigenvalue weighted by Crippen LogP contribution is -2.49. The predicted molar refractivity (Wildman–Crippen MR) is 97.6 cm³/mol. The van der Waals surface area contributed by atoms with Crippen LogP contribution in [0, 0.1) is 0 Å². The minimum absolute atomic E-state index is 0.127. The van der Waals surface area contributed by atoms with Gasteiger partial charge in [-0.15, -0.1) is 0 Å². The largest absolute Gasteiger partial charge is 0.495 e. The number of likely N-dealkylation sites (N-methyl/N-ethyl adjacent to an activating group) is 1. The van der Waals surface area contributed by atoms with Crippen LogP contribution in [0.2, 0.25) is 5.02 Å². The van der Waals surface area contributed by atoms with Gasteiger partial charge in [0.25, 0.3) is 0 Å². The van der Waals surface area contributed by atoms with Crippen LogP contribution >= 0.6 is 11.6 Å². The van der Waals surface area contributed by atoms with E-state index in [2.05, 4.69) is 29.3 Å². The summed E-state index contributed by atoms with van der Waals surface area (Å²) < 4.78 is 5.14. The number of methoxy groups -OCH3 is 1. The molecule has 1 aromatic carbocycles. The van der Waals surface area contributed by atoms with Gasteiger partial charge < -0.3 is 20.7 Å². The Labute approximate surface area is 143 Å². The molecule has 1 aromatic rings. The molecule has 3 N–H and O–H groups in total. The number of guanidine groups is 1. The third-order valence-corrected chi connectivity index (χ3v) is 5.00. The second-order valence-corrected chi connectivity index (χ2v) is 6.76. The number of rotatable bonds is 5. The van der Waals surface area contributed by atoms with Crippen molar-refractivity contribution < 1.29 is 4.74 Å². The van der Waals surface area contributed by atoms with Crippen LogP contribution in [0.15, 0.2) is 23.2 Å². The topological polar surface area (TPSA) is 62.9 Å². The molecule has 1 aliphatic carbocycles. The monoisotopic (exact) mass is 338 g/mol. The summed E-state index contributed by atoms with van der Waals surface area (Å²) >= 11 is 6.12. The molecule has 6 heteroatoms. The molecule has 5 nitrogen and oxygen atoms in total. The van der Waals surface area contributed by atoms with Crippen molar-refractivity contribution in [2.45, 2.75) is 37.6 Å². The molecule has 23 heavy (non-hydrogen) atoms. The van der Waals surface area contributed by atoms with Gasteiger partial charge in [0.1, 0.15) is 5.75 Å². The number of nitrogens with one attached hydrogen (secondary N) is 1. The van der Waals surface area contributed by atoms with Crippen LogP contribution in [0.5, 0.6) is 5.75 Å². The van der Waals surface area contributed by atoms with Crippen molar-refractivity contribution >= 4 is 23.2 Å². The van der Waals surface area contributed by atoms with E-state index in [4.69, 9.17) is 22.1 Å². The summed E-state index contributed by atoms with van der Waals surface area (Å²) in [5.74, 6) is 1.06. The van der Waals surface area contributed by atoms with Gasteiger partial charge in [0.2, 0.25) is 0 Å². The lowest BCUT2D eigenvalue weighted by atomic mass is 9.81. The molecule has 0 saturated heterocycles. The van der Waals surface area contributed by atoms with E-state index >= 15 is 0 Å². The van der Waals surface area contributed by atoms with E-state index in [0.29, 0.717) is 23.3 Å². The van der Waals surface area contributed by atoms with Crippen molar-refractivity contribution in [1.29, 1.82) is 0 Å². The molecule has 0 radical (unpaired) electrons. The zero-order valence-electron chi connectivity index (χ0n) is 14.2. The highest BCUT2D eigenvalue weighted by atomic mass is 35.5. The number of hydrogen-bond acceptors (Lipinski definition) is 3. The second-order valence-electron chi connectivity index (χ2n) is 6.36. The van der Waals surface area contributed by atoms with Gasteiger partial charge in [-0.1, -0.05) is 30.9 Å². The van der Waals surface area contributed by atoms with Gasteiger partial charge >= 0.3 is 0 Å². The Bertz CT molecular complexity index is 554. The molecule has 0 aliphatic heterocycles. The lowest BCUT2D eigenvalue weighted by molar-refractivity contribution is 0.109. The molecule has 1 saturated carbocycles. The maximum absolute atomic E-state index is 6.12. The summed E-state index contributed by atoms with van der Waals surface area (Å²) in [5.41, 5.74) is 6.98. The smallest absolute Gasteiger partial charge is 0.193 e. The minimum atomic E-state index is 0.127. The van der Waals surface area contributed by atoms with Crippen LogP contribution in [0.1, 0.15) is 32.1 Å². The summed E-state index contributed by atoms with van der Waals surface area (Å²) in [6.07, 6.45) is 6.18. The molecule has 128 valence electrons. The van der Waals surface area contributed by atoms with Gasteiger partial charge in [-0.05, 0) is 45.1 Å². The molecule has 0 amide bonds. The Balaban J connectivity index is 2.03. The maximum Gasteiger partial charge on any atom is 0.193 e. The SMILES string of the molecule is COc1ccc(NC(N)=NCC2(N(C)C)CCCCC2)cc1Cl. The quantitative estimate of drug-likeness (QED) is 0.638. The van der Waals surface area contributed by atoms with Crippen molar-refractivity contribution in [1.82, 2.24) is 4.90 Å². The first-order valence-corrected chi connectivity index (χ1v) is 8.42. The Morgan fingerprint density at radius 1 is 1.35 bits per heavy atom. The first-order chi connectivity index (χ1) is 11.0. The summed E-state index contributed by atoms with van der Waals surface area (Å²) in [5, 5.41) is 3.64. The van der Waals surface area contributed by atoms with Crippen molar-refractivity contribution in [2.75, 3.05) is 33.1 Å². The number of ether oxygens (including phenoxy) is 1. The predicted octanol–water partition coefficient (Wildman–Crippen LogP) is 3.34. The van der Waals surface area contributed by atoms with Gasteiger partial charge in [0.15, 0.2) is 5.96 Å². The standard InChI is InChI=1S/C17H27ClN4O/c1-22(2)17(9-5-4-6-10-17)12-20-16(19)21-13-7-8-15(23-3)14(18)11-13/h7-8,11H,4-6,9-10,12H2,1-3H3,(H3,19,20,21). The third-order valence-electron chi connectivity index (χ3n) is 4.70. The van der Waals surface area contributed by atoms with Crippen LogP contribution in [0.25, 0.3) is 0 Å². The molecule has 0 heterocycles. The Morgan fingerprint density at radius 2 is 2.04 bits per heavy atom. The highest BCUT2D eigenvalue weighted by molar-refractivity contribution is 6.32. The van der Waals surface area contributed by atoms with Crippen LogP contribution in [-0.2, 0) is 0 Å². The van der Waals surface area contributed by atoms with Crippen LogP contribution in [0.3, 0.4) is 0 Å². The van der Waals surface area contributed by atoms with Gasteiger partial charge in [-0.2, -0.15) is 0 Å². The molecule has 1 fully saturated rings. The molecule has 0 unspecified atom stereocenters. The number of aliphatic imine (C=N–C) groups is 1. The number of hydrogen-bond donors (Lipinski definition) is 2. The first-order valence-electron chi connectivity index (χ1n) is 8.05. The first kappa shape index (κ1) is 17.9. The molecular weight excluding hydrogens is 312 g/mol. The fourth-order valence-electron chi connectivity index (χ4n) is 3.12. The molecular formula is C17H27ClN4O. The Kier molecular flexibility index (Phi) is 6.13. The Morgan fingerprint density at radius 3 is 2.61 bits per heavy atom. The van der Waals surface area contributed by atoms with Crippen molar-refractivity contribution in [3.05, 3.63) is 23.2 Å². The fraction of sp³-hybridized carbons (Fsp3) is 0.588. The van der Waals surface area contributed by atoms with Gasteiger partial charge in [0, 0.05) is 11.2 Å². The number of benzene rings is 1. The fourth-order valence-corrected chi connectivity index (χ4v) is 3.38. The Hall–Kier alpha value is -1.46. The number of halogens is 1. The molecule has 0 aromatic heterocycles. The van der Waals surface area contributed by atoms with Gasteiger partial charge in [-0.25, -0.2) is 0 Å². The third kappa shape index (κ3) is 4.52. The zero-order valence-corrected chi connectivity index (χ0v) is 15.0. The molecule has 0 atom stereocenters. The van der Waals surface area contributed by atoms with Gasteiger partial charge in [-0.3, -0.25) is 4.99 Å². The molecule has 0 bridgehead atoms. The summed E-state index contributed by atoms with van der Waals surface area (Å²) in [4.78, 5) is 6.87. The van der Waals surface area contributed by atoms with Crippen molar-refractivity contribution in [2.24, 2.45) is 10.7 Å². The molecule has 0 spiro atoms. The normalized spacial score (nSPS) is 18.0. The van der Waals surface area contributed by atoms with E-state index in [9.17, 15) is 0 Å². The summed E-state index contributed by atoms with van der Waals surface area (Å²) in [7, 11) is 5.86. The van der Waals surface area contributed by atoms with Crippen LogP contribution in [0.4, 0.5) is 5.69 Å². The number of anilines is 1. The number of nitrogens with zero attached hydrogens (tertiary/aromatic N) is 2. The average molecular weight is 339 g/mol. The number of nitrogens with two attached hydrogens (primary N) is 1. The van der Waals surface area contributed by atoms with E-state index in [0.717, 1.165) is 5.69 Å². The van der Waals surface area contributed by atoms with Crippen molar-refractivity contribution in [3.63, 3.8) is 0 Å². The van der Waals surface area contributed by atoms with Crippen molar-refractivity contribution in [3.8, 4) is 5.75 Å². The molecule has 1 aliphatic rings. The van der Waals surface area contributed by atoms with Crippen LogP contribution in [-0.4, -0.2) is 44.1 Å². The van der Waals surface area contributed by atoms with E-state index in [-0.39, 0.29) is 5.54 Å². The summed E-state index contributed by atoms with van der Waals surface area (Å²) in [6.45, 7) is 0.711. The second kappa shape index (κ2) is 7.88. The van der Waals surface area contributed by atoms with Gasteiger partial charge in [0.05, 0.1) is 18.7 Å². The zero-order chi connectivity index (χ0) is 16.9. The van der Waals surface area contributed by atoms with E-state index in [1.165, 1.54) is 32.1 Å². The maximum atomic E-state index is 6.12. The lowest BCUT2D eigenvalue weighted by Gasteiger charge is -2.42. The highest BCUT2D eigenvalue weighted by Gasteiger charge is 2.33. The minimum Gasteiger partial charge on any atom is -0.495 e. The van der Waals surface area contributed by atoms with E-state index < -0.39 is 0 Å².